The molecule has 1 aromatic heterocycles. The lowest BCUT2D eigenvalue weighted by molar-refractivity contribution is 0.313. The van der Waals surface area contributed by atoms with Gasteiger partial charge in [0.2, 0.25) is 5.89 Å². The highest BCUT2D eigenvalue weighted by Crippen LogP contribution is 2.40. The van der Waals surface area contributed by atoms with Crippen LogP contribution in [0, 0.1) is 0 Å². The first-order valence-corrected chi connectivity index (χ1v) is 7.15. The molecular weight excluding hydrogens is 266 g/mol. The van der Waals surface area contributed by atoms with E-state index in [0.29, 0.717) is 11.7 Å². The van der Waals surface area contributed by atoms with Crippen molar-refractivity contribution in [2.24, 2.45) is 5.73 Å². The fraction of sp³-hybridized carbons (Fsp3) is 0.500. The quantitative estimate of drug-likeness (QED) is 0.918. The molecule has 2 N–H and O–H groups in total. The van der Waals surface area contributed by atoms with Gasteiger partial charge in [-0.1, -0.05) is 32.0 Å². The lowest BCUT2D eigenvalue weighted by Crippen LogP contribution is -2.36. The van der Waals surface area contributed by atoms with Crippen molar-refractivity contribution in [3.8, 4) is 5.75 Å². The first kappa shape index (κ1) is 14.1. The van der Waals surface area contributed by atoms with E-state index in [1.807, 2.05) is 32.9 Å². The Balaban J connectivity index is 2.06. The highest BCUT2D eigenvalue weighted by molar-refractivity contribution is 5.47. The summed E-state index contributed by atoms with van der Waals surface area (Å²) in [5.41, 5.74) is 8.00. The molecule has 1 aliphatic rings. The topological polar surface area (TPSA) is 74.2 Å². The second-order valence-corrected chi connectivity index (χ2v) is 6.67. The van der Waals surface area contributed by atoms with Crippen LogP contribution in [-0.2, 0) is 17.4 Å². The molecule has 0 saturated heterocycles. The van der Waals surface area contributed by atoms with Crippen LogP contribution in [0.25, 0.3) is 0 Å². The minimum absolute atomic E-state index is 0.183. The summed E-state index contributed by atoms with van der Waals surface area (Å²) in [5.74, 6) is 1.96. The summed E-state index contributed by atoms with van der Waals surface area (Å²) in [5, 5.41) is 4.14. The summed E-state index contributed by atoms with van der Waals surface area (Å²) in [6.45, 7) is 6.12. The molecule has 5 heteroatoms. The van der Waals surface area contributed by atoms with E-state index in [9.17, 15) is 0 Å². The zero-order valence-corrected chi connectivity index (χ0v) is 12.9. The number of aromatic nitrogens is 2. The van der Waals surface area contributed by atoms with Gasteiger partial charge < -0.3 is 15.0 Å². The van der Waals surface area contributed by atoms with Gasteiger partial charge in [0.25, 0.3) is 0 Å². The molecule has 1 heterocycles. The Kier molecular flexibility index (Phi) is 3.06. The summed E-state index contributed by atoms with van der Waals surface area (Å²) in [6, 6.07) is 6.00. The van der Waals surface area contributed by atoms with E-state index in [4.69, 9.17) is 15.0 Å². The van der Waals surface area contributed by atoms with Gasteiger partial charge in [-0.25, -0.2) is 0 Å². The second-order valence-electron chi connectivity index (χ2n) is 6.67. The van der Waals surface area contributed by atoms with Crippen LogP contribution in [0.5, 0.6) is 5.75 Å². The molecule has 0 saturated carbocycles. The van der Waals surface area contributed by atoms with Crippen LogP contribution in [0.1, 0.15) is 50.0 Å². The van der Waals surface area contributed by atoms with Crippen molar-refractivity contribution in [2.75, 3.05) is 7.11 Å². The van der Waals surface area contributed by atoms with E-state index >= 15 is 0 Å². The number of ether oxygens (including phenoxy) is 1. The molecule has 1 unspecified atom stereocenters. The fourth-order valence-electron chi connectivity index (χ4n) is 2.72. The maximum atomic E-state index is 6.63. The number of aryl methyl sites for hydroxylation is 1. The Morgan fingerprint density at radius 3 is 2.71 bits per heavy atom. The molecule has 21 heavy (non-hydrogen) atoms. The average molecular weight is 287 g/mol. The third-order valence-corrected chi connectivity index (χ3v) is 4.05. The lowest BCUT2D eigenvalue weighted by atomic mass is 9.91. The first-order valence-electron chi connectivity index (χ1n) is 7.15. The predicted octanol–water partition coefficient (Wildman–Crippen LogP) is 2.52. The maximum Gasteiger partial charge on any atom is 0.232 e. The van der Waals surface area contributed by atoms with E-state index in [2.05, 4.69) is 16.2 Å². The van der Waals surface area contributed by atoms with E-state index in [0.717, 1.165) is 24.2 Å². The zero-order valence-electron chi connectivity index (χ0n) is 12.9. The van der Waals surface area contributed by atoms with Gasteiger partial charge in [0, 0.05) is 5.41 Å². The van der Waals surface area contributed by atoms with Gasteiger partial charge in [-0.3, -0.25) is 0 Å². The minimum atomic E-state index is -0.698. The molecule has 112 valence electrons. The highest BCUT2D eigenvalue weighted by Gasteiger charge is 2.41. The van der Waals surface area contributed by atoms with Gasteiger partial charge in [0.15, 0.2) is 5.82 Å². The fourth-order valence-corrected chi connectivity index (χ4v) is 2.72. The molecule has 1 atom stereocenters. The number of hydrogen-bond donors (Lipinski definition) is 1. The molecule has 0 aliphatic heterocycles. The van der Waals surface area contributed by atoms with Crippen molar-refractivity contribution in [3.63, 3.8) is 0 Å². The largest absolute Gasteiger partial charge is 0.497 e. The Morgan fingerprint density at radius 2 is 2.10 bits per heavy atom. The van der Waals surface area contributed by atoms with Gasteiger partial charge in [-0.2, -0.15) is 4.98 Å². The number of benzene rings is 1. The number of nitrogens with zero attached hydrogens (tertiary/aromatic N) is 2. The molecule has 2 aromatic rings. The van der Waals surface area contributed by atoms with E-state index in [-0.39, 0.29) is 5.41 Å². The molecule has 1 aromatic carbocycles. The standard InChI is InChI=1S/C16H21N3O2/c1-15(2,3)14-18-13(19-21-14)16(17)8-7-10-5-6-11(20-4)9-12(10)16/h5-6,9H,7-8,17H2,1-4H3. The zero-order chi connectivity index (χ0) is 15.3. The van der Waals surface area contributed by atoms with Crippen LogP contribution in [0.3, 0.4) is 0 Å². The summed E-state index contributed by atoms with van der Waals surface area (Å²) in [7, 11) is 1.65. The third kappa shape index (κ3) is 2.21. The van der Waals surface area contributed by atoms with Crippen molar-refractivity contribution in [3.05, 3.63) is 41.0 Å². The van der Waals surface area contributed by atoms with Crippen LogP contribution < -0.4 is 10.5 Å². The van der Waals surface area contributed by atoms with Crippen LogP contribution in [0.2, 0.25) is 0 Å². The summed E-state index contributed by atoms with van der Waals surface area (Å²) in [6.07, 6.45) is 1.69. The van der Waals surface area contributed by atoms with Crippen molar-refractivity contribution >= 4 is 0 Å². The lowest BCUT2D eigenvalue weighted by Gasteiger charge is -2.21. The molecule has 0 fully saturated rings. The number of rotatable bonds is 2. The molecule has 3 rings (SSSR count). The van der Waals surface area contributed by atoms with Gasteiger partial charge in [-0.15, -0.1) is 0 Å². The SMILES string of the molecule is COc1ccc2c(c1)C(N)(c1noc(C(C)(C)C)n1)CC2. The van der Waals surface area contributed by atoms with Crippen LogP contribution in [-0.4, -0.2) is 17.3 Å². The Morgan fingerprint density at radius 1 is 1.33 bits per heavy atom. The molecule has 0 spiro atoms. The molecule has 0 radical (unpaired) electrons. The van der Waals surface area contributed by atoms with Gasteiger partial charge >= 0.3 is 0 Å². The van der Waals surface area contributed by atoms with E-state index in [1.54, 1.807) is 7.11 Å². The highest BCUT2D eigenvalue weighted by atomic mass is 16.5. The Labute approximate surface area is 124 Å². The summed E-state index contributed by atoms with van der Waals surface area (Å²) in [4.78, 5) is 4.55. The Hall–Kier alpha value is -1.88. The smallest absolute Gasteiger partial charge is 0.232 e. The van der Waals surface area contributed by atoms with Crippen molar-refractivity contribution in [2.45, 2.75) is 44.6 Å². The van der Waals surface area contributed by atoms with Crippen molar-refractivity contribution < 1.29 is 9.26 Å². The normalized spacial score (nSPS) is 21.4. The third-order valence-electron chi connectivity index (χ3n) is 4.05. The first-order chi connectivity index (χ1) is 9.84. The van der Waals surface area contributed by atoms with Crippen molar-refractivity contribution in [1.29, 1.82) is 0 Å². The van der Waals surface area contributed by atoms with Crippen LogP contribution in [0.4, 0.5) is 0 Å². The van der Waals surface area contributed by atoms with Crippen molar-refractivity contribution in [1.82, 2.24) is 10.1 Å². The van der Waals surface area contributed by atoms with Gasteiger partial charge in [0.05, 0.1) is 7.11 Å². The van der Waals surface area contributed by atoms with Crippen LogP contribution in [0.15, 0.2) is 22.7 Å². The summed E-state index contributed by atoms with van der Waals surface area (Å²) < 4.78 is 10.7. The molecular formula is C16H21N3O2. The van der Waals surface area contributed by atoms with E-state index < -0.39 is 5.54 Å². The predicted molar refractivity (Wildman–Crippen MR) is 79.3 cm³/mol. The summed E-state index contributed by atoms with van der Waals surface area (Å²) >= 11 is 0. The molecule has 1 aliphatic carbocycles. The van der Waals surface area contributed by atoms with Crippen LogP contribution >= 0.6 is 0 Å². The average Bonchev–Trinajstić information content (AvgIpc) is 3.05. The number of hydrogen-bond acceptors (Lipinski definition) is 5. The maximum absolute atomic E-state index is 6.63. The Bertz CT molecular complexity index is 672. The number of methoxy groups -OCH3 is 1. The molecule has 5 nitrogen and oxygen atoms in total. The van der Waals surface area contributed by atoms with Gasteiger partial charge in [-0.05, 0) is 36.1 Å². The monoisotopic (exact) mass is 287 g/mol. The second kappa shape index (κ2) is 4.56. The number of fused-ring (bicyclic) bond motifs is 1. The molecule has 0 amide bonds. The van der Waals surface area contributed by atoms with E-state index in [1.165, 1.54) is 5.56 Å². The molecule has 0 bridgehead atoms. The number of nitrogens with two attached hydrogens (primary N) is 1. The minimum Gasteiger partial charge on any atom is -0.497 e. The van der Waals surface area contributed by atoms with Gasteiger partial charge in [0.1, 0.15) is 11.3 Å².